The molecule has 0 aromatic heterocycles. The van der Waals surface area contributed by atoms with E-state index in [0.29, 0.717) is 0 Å². The van der Waals surface area contributed by atoms with Crippen molar-refractivity contribution >= 4 is 5.91 Å². The van der Waals surface area contributed by atoms with Crippen LogP contribution in [0.25, 0.3) is 0 Å². The molecule has 1 N–H and O–H groups in total. The summed E-state index contributed by atoms with van der Waals surface area (Å²) < 4.78 is 0. The van der Waals surface area contributed by atoms with E-state index in [1.165, 1.54) is 0 Å². The lowest BCUT2D eigenvalue weighted by molar-refractivity contribution is -0.122. The van der Waals surface area contributed by atoms with E-state index < -0.39 is 0 Å². The molecule has 1 aliphatic carbocycles. The van der Waals surface area contributed by atoms with Gasteiger partial charge in [-0.3, -0.25) is 4.79 Å². The first kappa shape index (κ1) is 11.3. The molecule has 0 aromatic rings. The van der Waals surface area contributed by atoms with Crippen LogP contribution >= 0.6 is 0 Å². The third kappa shape index (κ3) is 2.86. The van der Waals surface area contributed by atoms with Crippen LogP contribution in [0.1, 0.15) is 47.0 Å². The molecule has 0 spiro atoms. The molecule has 0 bridgehead atoms. The van der Waals surface area contributed by atoms with Crippen LogP contribution in [-0.2, 0) is 4.79 Å². The third-order valence-electron chi connectivity index (χ3n) is 2.89. The lowest BCUT2D eigenvalue weighted by atomic mass is 10.1. The van der Waals surface area contributed by atoms with Gasteiger partial charge in [0.25, 0.3) is 0 Å². The van der Waals surface area contributed by atoms with Gasteiger partial charge in [-0.1, -0.05) is 33.3 Å². The molecule has 0 heterocycles. The van der Waals surface area contributed by atoms with Crippen LogP contribution in [0.5, 0.6) is 0 Å². The van der Waals surface area contributed by atoms with Crippen molar-refractivity contribution in [3.05, 3.63) is 11.8 Å². The van der Waals surface area contributed by atoms with Crippen molar-refractivity contribution in [1.29, 1.82) is 0 Å². The molecule has 0 aromatic carbocycles. The van der Waals surface area contributed by atoms with Crippen LogP contribution in [0.2, 0.25) is 0 Å². The SMILES string of the molecule is CCC/C=C(/C)NC(=O)C1CC1(C)C. The van der Waals surface area contributed by atoms with Crippen LogP contribution in [0.3, 0.4) is 0 Å². The summed E-state index contributed by atoms with van der Waals surface area (Å²) in [5, 5.41) is 2.95. The number of nitrogens with one attached hydrogen (secondary N) is 1. The maximum absolute atomic E-state index is 11.6. The fourth-order valence-corrected chi connectivity index (χ4v) is 1.61. The average molecular weight is 195 g/mol. The van der Waals surface area contributed by atoms with Gasteiger partial charge in [0.2, 0.25) is 5.91 Å². The number of carbonyl (C=O) groups is 1. The van der Waals surface area contributed by atoms with Crippen molar-refractivity contribution in [2.75, 3.05) is 0 Å². The highest BCUT2D eigenvalue weighted by molar-refractivity contribution is 5.83. The second-order valence-electron chi connectivity index (χ2n) is 4.91. The van der Waals surface area contributed by atoms with Crippen molar-refractivity contribution in [3.8, 4) is 0 Å². The minimum Gasteiger partial charge on any atom is -0.330 e. The van der Waals surface area contributed by atoms with Gasteiger partial charge in [-0.25, -0.2) is 0 Å². The fraction of sp³-hybridized carbons (Fsp3) is 0.750. The Balaban J connectivity index is 2.35. The summed E-state index contributed by atoms with van der Waals surface area (Å²) >= 11 is 0. The van der Waals surface area contributed by atoms with E-state index in [1.807, 2.05) is 6.92 Å². The predicted octanol–water partition coefficient (Wildman–Crippen LogP) is 2.85. The highest BCUT2D eigenvalue weighted by atomic mass is 16.2. The molecule has 0 saturated heterocycles. The van der Waals surface area contributed by atoms with E-state index in [0.717, 1.165) is 25.0 Å². The number of amides is 1. The van der Waals surface area contributed by atoms with Gasteiger partial charge in [-0.05, 0) is 25.2 Å². The molecule has 1 fully saturated rings. The molecule has 1 atom stereocenters. The fourth-order valence-electron chi connectivity index (χ4n) is 1.61. The van der Waals surface area contributed by atoms with Crippen LogP contribution in [0, 0.1) is 11.3 Å². The lowest BCUT2D eigenvalue weighted by Crippen LogP contribution is -2.24. The van der Waals surface area contributed by atoms with Crippen molar-refractivity contribution in [1.82, 2.24) is 5.32 Å². The Hall–Kier alpha value is -0.790. The number of hydrogen-bond donors (Lipinski definition) is 1. The Morgan fingerprint density at radius 1 is 1.57 bits per heavy atom. The molecule has 1 saturated carbocycles. The summed E-state index contributed by atoms with van der Waals surface area (Å²) in [6.45, 7) is 8.38. The summed E-state index contributed by atoms with van der Waals surface area (Å²) in [4.78, 5) is 11.6. The van der Waals surface area contributed by atoms with Gasteiger partial charge in [0, 0.05) is 11.6 Å². The Morgan fingerprint density at radius 3 is 2.57 bits per heavy atom. The zero-order valence-corrected chi connectivity index (χ0v) is 9.68. The van der Waals surface area contributed by atoms with E-state index in [1.54, 1.807) is 0 Å². The zero-order valence-electron chi connectivity index (χ0n) is 9.68. The minimum absolute atomic E-state index is 0.194. The Kier molecular flexibility index (Phi) is 3.35. The maximum atomic E-state index is 11.6. The largest absolute Gasteiger partial charge is 0.330 e. The van der Waals surface area contributed by atoms with Crippen molar-refractivity contribution in [2.45, 2.75) is 47.0 Å². The Morgan fingerprint density at radius 2 is 2.14 bits per heavy atom. The predicted molar refractivity (Wildman–Crippen MR) is 58.7 cm³/mol. The van der Waals surface area contributed by atoms with E-state index in [2.05, 4.69) is 32.2 Å². The summed E-state index contributed by atoms with van der Waals surface area (Å²) in [5.74, 6) is 0.423. The standard InChI is InChI=1S/C12H21NO/c1-5-6-7-9(2)13-11(14)10-8-12(10,3)4/h7,10H,5-6,8H2,1-4H3,(H,13,14)/b9-7-. The first-order chi connectivity index (χ1) is 6.47. The first-order valence-electron chi connectivity index (χ1n) is 5.45. The van der Waals surface area contributed by atoms with Crippen LogP contribution in [-0.4, -0.2) is 5.91 Å². The first-order valence-corrected chi connectivity index (χ1v) is 5.45. The van der Waals surface area contributed by atoms with E-state index in [9.17, 15) is 4.79 Å². The molecular formula is C12H21NO. The van der Waals surface area contributed by atoms with Crippen LogP contribution < -0.4 is 5.32 Å². The van der Waals surface area contributed by atoms with Gasteiger partial charge < -0.3 is 5.32 Å². The van der Waals surface area contributed by atoms with Gasteiger partial charge in [0.15, 0.2) is 0 Å². The number of rotatable bonds is 4. The van der Waals surface area contributed by atoms with Gasteiger partial charge in [-0.15, -0.1) is 0 Å². The number of allylic oxidation sites excluding steroid dienone is 2. The number of hydrogen-bond acceptors (Lipinski definition) is 1. The highest BCUT2D eigenvalue weighted by Gasteiger charge is 2.50. The molecule has 2 heteroatoms. The van der Waals surface area contributed by atoms with E-state index in [4.69, 9.17) is 0 Å². The Labute approximate surface area is 86.8 Å². The average Bonchev–Trinajstić information content (AvgIpc) is 2.72. The van der Waals surface area contributed by atoms with E-state index >= 15 is 0 Å². The van der Waals surface area contributed by atoms with Crippen molar-refractivity contribution in [2.24, 2.45) is 11.3 Å². The van der Waals surface area contributed by atoms with Crippen molar-refractivity contribution < 1.29 is 4.79 Å². The van der Waals surface area contributed by atoms with Gasteiger partial charge in [0.05, 0.1) is 0 Å². The topological polar surface area (TPSA) is 29.1 Å². The summed E-state index contributed by atoms with van der Waals surface area (Å²) in [7, 11) is 0. The van der Waals surface area contributed by atoms with Crippen LogP contribution in [0.15, 0.2) is 11.8 Å². The van der Waals surface area contributed by atoms with Gasteiger partial charge in [-0.2, -0.15) is 0 Å². The molecule has 0 aliphatic heterocycles. The monoisotopic (exact) mass is 195 g/mol. The molecule has 1 rings (SSSR count). The number of unbranched alkanes of at least 4 members (excludes halogenated alkanes) is 1. The third-order valence-corrected chi connectivity index (χ3v) is 2.89. The van der Waals surface area contributed by atoms with E-state index in [-0.39, 0.29) is 17.2 Å². The zero-order chi connectivity index (χ0) is 10.8. The Bertz CT molecular complexity index is 253. The molecule has 80 valence electrons. The molecule has 1 amide bonds. The molecule has 2 nitrogen and oxygen atoms in total. The lowest BCUT2D eigenvalue weighted by Gasteiger charge is -2.06. The molecule has 0 radical (unpaired) electrons. The smallest absolute Gasteiger partial charge is 0.227 e. The van der Waals surface area contributed by atoms with Gasteiger partial charge in [0.1, 0.15) is 0 Å². The summed E-state index contributed by atoms with van der Waals surface area (Å²) in [5.41, 5.74) is 1.23. The highest BCUT2D eigenvalue weighted by Crippen LogP contribution is 2.51. The minimum atomic E-state index is 0.194. The molecule has 14 heavy (non-hydrogen) atoms. The normalized spacial score (nSPS) is 24.6. The summed E-state index contributed by atoms with van der Waals surface area (Å²) in [6, 6.07) is 0. The second kappa shape index (κ2) is 4.16. The molecular weight excluding hydrogens is 174 g/mol. The molecule has 1 aliphatic rings. The quantitative estimate of drug-likeness (QED) is 0.734. The van der Waals surface area contributed by atoms with Crippen molar-refractivity contribution in [3.63, 3.8) is 0 Å². The second-order valence-corrected chi connectivity index (χ2v) is 4.91. The maximum Gasteiger partial charge on any atom is 0.227 e. The van der Waals surface area contributed by atoms with Gasteiger partial charge >= 0.3 is 0 Å². The number of carbonyl (C=O) groups excluding carboxylic acids is 1. The van der Waals surface area contributed by atoms with Crippen LogP contribution in [0.4, 0.5) is 0 Å². The summed E-state index contributed by atoms with van der Waals surface area (Å²) in [6.07, 6.45) is 5.29. The molecule has 1 unspecified atom stereocenters.